The summed E-state index contributed by atoms with van der Waals surface area (Å²) < 4.78 is 10.8. The Bertz CT molecular complexity index is 722. The third-order valence-corrected chi connectivity index (χ3v) is 4.32. The number of fused-ring (bicyclic) bond motifs is 1. The van der Waals surface area contributed by atoms with E-state index in [1.54, 1.807) is 14.2 Å². The number of nitriles is 1. The van der Waals surface area contributed by atoms with Crippen LogP contribution in [-0.2, 0) is 13.0 Å². The highest BCUT2D eigenvalue weighted by molar-refractivity contribution is 5.50. The van der Waals surface area contributed by atoms with Crippen molar-refractivity contribution in [2.75, 3.05) is 20.8 Å². The SMILES string of the molecule is COc1cc2c(cc1OC)[C@@H](C#N)N(Cc1ccccc1)CC2. The number of hydrogen-bond acceptors (Lipinski definition) is 4. The van der Waals surface area contributed by atoms with Crippen LogP contribution in [0.15, 0.2) is 42.5 Å². The van der Waals surface area contributed by atoms with Crippen molar-refractivity contribution >= 4 is 0 Å². The first-order valence-corrected chi connectivity index (χ1v) is 7.69. The quantitative estimate of drug-likeness (QED) is 0.869. The van der Waals surface area contributed by atoms with Crippen molar-refractivity contribution in [1.82, 2.24) is 4.90 Å². The average molecular weight is 308 g/mol. The first-order valence-electron chi connectivity index (χ1n) is 7.69. The number of benzene rings is 2. The summed E-state index contributed by atoms with van der Waals surface area (Å²) in [4.78, 5) is 2.21. The van der Waals surface area contributed by atoms with Crippen molar-refractivity contribution in [1.29, 1.82) is 5.26 Å². The van der Waals surface area contributed by atoms with Gasteiger partial charge in [0.15, 0.2) is 11.5 Å². The van der Waals surface area contributed by atoms with Crippen molar-refractivity contribution in [2.24, 2.45) is 0 Å². The molecule has 2 aromatic rings. The Morgan fingerprint density at radius 2 is 1.83 bits per heavy atom. The monoisotopic (exact) mass is 308 g/mol. The molecule has 4 nitrogen and oxygen atoms in total. The molecule has 1 atom stereocenters. The van der Waals surface area contributed by atoms with E-state index in [1.807, 2.05) is 30.3 Å². The van der Waals surface area contributed by atoms with Crippen LogP contribution in [0.5, 0.6) is 11.5 Å². The Labute approximate surface area is 136 Å². The minimum Gasteiger partial charge on any atom is -0.493 e. The predicted molar refractivity (Wildman–Crippen MR) is 88.5 cm³/mol. The molecule has 0 saturated heterocycles. The lowest BCUT2D eigenvalue weighted by atomic mass is 9.92. The van der Waals surface area contributed by atoms with Crippen LogP contribution in [0.4, 0.5) is 0 Å². The number of ether oxygens (including phenoxy) is 2. The fourth-order valence-electron chi connectivity index (χ4n) is 3.14. The molecule has 0 N–H and O–H groups in total. The van der Waals surface area contributed by atoms with Gasteiger partial charge in [-0.25, -0.2) is 0 Å². The number of methoxy groups -OCH3 is 2. The van der Waals surface area contributed by atoms with Crippen molar-refractivity contribution < 1.29 is 9.47 Å². The maximum atomic E-state index is 9.71. The van der Waals surface area contributed by atoms with Gasteiger partial charge in [-0.05, 0) is 35.2 Å². The molecule has 118 valence electrons. The van der Waals surface area contributed by atoms with E-state index in [1.165, 1.54) is 11.1 Å². The van der Waals surface area contributed by atoms with Gasteiger partial charge in [0, 0.05) is 13.1 Å². The van der Waals surface area contributed by atoms with Gasteiger partial charge in [-0.3, -0.25) is 4.90 Å². The molecule has 0 aliphatic carbocycles. The minimum atomic E-state index is -0.265. The van der Waals surface area contributed by atoms with E-state index in [-0.39, 0.29) is 6.04 Å². The fraction of sp³-hybridized carbons (Fsp3) is 0.316. The van der Waals surface area contributed by atoms with Crippen molar-refractivity contribution in [3.05, 3.63) is 59.2 Å². The summed E-state index contributed by atoms with van der Waals surface area (Å²) in [6.07, 6.45) is 0.903. The molecule has 0 fully saturated rings. The van der Waals surface area contributed by atoms with Gasteiger partial charge in [-0.2, -0.15) is 5.26 Å². The summed E-state index contributed by atoms with van der Waals surface area (Å²) in [5.41, 5.74) is 3.41. The summed E-state index contributed by atoms with van der Waals surface area (Å²) in [6, 6.07) is 16.4. The second kappa shape index (κ2) is 6.72. The first kappa shape index (κ1) is 15.4. The van der Waals surface area contributed by atoms with E-state index in [0.29, 0.717) is 5.75 Å². The van der Waals surface area contributed by atoms with Gasteiger partial charge in [0.1, 0.15) is 6.04 Å². The van der Waals surface area contributed by atoms with Crippen molar-refractivity contribution in [3.8, 4) is 17.6 Å². The smallest absolute Gasteiger partial charge is 0.161 e. The molecule has 0 bridgehead atoms. The van der Waals surface area contributed by atoms with Crippen LogP contribution in [0.3, 0.4) is 0 Å². The second-order valence-corrected chi connectivity index (χ2v) is 5.64. The molecule has 3 rings (SSSR count). The van der Waals surface area contributed by atoms with Gasteiger partial charge >= 0.3 is 0 Å². The molecule has 4 heteroatoms. The molecule has 1 aliphatic rings. The lowest BCUT2D eigenvalue weighted by Crippen LogP contribution is -2.34. The largest absolute Gasteiger partial charge is 0.493 e. The van der Waals surface area contributed by atoms with E-state index in [2.05, 4.69) is 23.1 Å². The highest BCUT2D eigenvalue weighted by atomic mass is 16.5. The molecule has 23 heavy (non-hydrogen) atoms. The molecular formula is C19H20N2O2. The average Bonchev–Trinajstić information content (AvgIpc) is 2.61. The Balaban J connectivity index is 1.93. The fourth-order valence-corrected chi connectivity index (χ4v) is 3.14. The van der Waals surface area contributed by atoms with Gasteiger partial charge in [-0.15, -0.1) is 0 Å². The maximum Gasteiger partial charge on any atom is 0.161 e. The molecule has 1 aliphatic heterocycles. The lowest BCUT2D eigenvalue weighted by Gasteiger charge is -2.33. The Morgan fingerprint density at radius 1 is 1.13 bits per heavy atom. The topological polar surface area (TPSA) is 45.5 Å². The third-order valence-electron chi connectivity index (χ3n) is 4.32. The third kappa shape index (κ3) is 3.01. The molecule has 0 saturated carbocycles. The van der Waals surface area contributed by atoms with Gasteiger partial charge < -0.3 is 9.47 Å². The van der Waals surface area contributed by atoms with Crippen LogP contribution in [-0.4, -0.2) is 25.7 Å². The lowest BCUT2D eigenvalue weighted by molar-refractivity contribution is 0.214. The highest BCUT2D eigenvalue weighted by Crippen LogP contribution is 2.38. The van der Waals surface area contributed by atoms with Gasteiger partial charge in [0.05, 0.1) is 20.3 Å². The normalized spacial score (nSPS) is 17.2. The van der Waals surface area contributed by atoms with Crippen LogP contribution in [0.2, 0.25) is 0 Å². The van der Waals surface area contributed by atoms with E-state index in [4.69, 9.17) is 9.47 Å². The summed E-state index contributed by atoms with van der Waals surface area (Å²) in [5.74, 6) is 1.40. The van der Waals surface area contributed by atoms with Crippen LogP contribution >= 0.6 is 0 Å². The molecule has 1 heterocycles. The second-order valence-electron chi connectivity index (χ2n) is 5.64. The predicted octanol–water partition coefficient (Wildman–Crippen LogP) is 3.33. The van der Waals surface area contributed by atoms with Crippen molar-refractivity contribution in [3.63, 3.8) is 0 Å². The van der Waals surface area contributed by atoms with Gasteiger partial charge in [0.25, 0.3) is 0 Å². The molecule has 0 unspecified atom stereocenters. The summed E-state index contributed by atoms with van der Waals surface area (Å²) in [5, 5.41) is 9.71. The Kier molecular flexibility index (Phi) is 4.50. The summed E-state index contributed by atoms with van der Waals surface area (Å²) >= 11 is 0. The number of nitrogens with zero attached hydrogens (tertiary/aromatic N) is 2. The highest BCUT2D eigenvalue weighted by Gasteiger charge is 2.29. The van der Waals surface area contributed by atoms with E-state index < -0.39 is 0 Å². The van der Waals surface area contributed by atoms with Crippen LogP contribution in [0, 0.1) is 11.3 Å². The van der Waals surface area contributed by atoms with E-state index >= 15 is 0 Å². The number of hydrogen-bond donors (Lipinski definition) is 0. The van der Waals surface area contributed by atoms with Crippen molar-refractivity contribution in [2.45, 2.75) is 19.0 Å². The van der Waals surface area contributed by atoms with Gasteiger partial charge in [0.2, 0.25) is 0 Å². The molecule has 0 amide bonds. The van der Waals surface area contributed by atoms with Crippen LogP contribution < -0.4 is 9.47 Å². The minimum absolute atomic E-state index is 0.265. The molecular weight excluding hydrogens is 288 g/mol. The Morgan fingerprint density at radius 3 is 2.48 bits per heavy atom. The maximum absolute atomic E-state index is 9.71. The zero-order valence-corrected chi connectivity index (χ0v) is 13.5. The summed E-state index contributed by atoms with van der Waals surface area (Å²) in [6.45, 7) is 1.63. The first-order chi connectivity index (χ1) is 11.3. The van der Waals surface area contributed by atoms with E-state index in [9.17, 15) is 5.26 Å². The summed E-state index contributed by atoms with van der Waals surface area (Å²) in [7, 11) is 3.26. The number of rotatable bonds is 4. The molecule has 0 aromatic heterocycles. The Hall–Kier alpha value is -2.51. The molecule has 2 aromatic carbocycles. The molecule has 0 spiro atoms. The zero-order valence-electron chi connectivity index (χ0n) is 13.5. The standard InChI is InChI=1S/C19H20N2O2/c1-22-18-10-15-8-9-21(13-14-6-4-3-5-7-14)17(12-20)16(15)11-19(18)23-2/h3-7,10-11,17H,8-9,13H2,1-2H3/t17-/m1/s1. The van der Waals surface area contributed by atoms with Crippen LogP contribution in [0.25, 0.3) is 0 Å². The molecule has 0 radical (unpaired) electrons. The van der Waals surface area contributed by atoms with Crippen LogP contribution in [0.1, 0.15) is 22.7 Å². The zero-order chi connectivity index (χ0) is 16.2. The van der Waals surface area contributed by atoms with E-state index in [0.717, 1.165) is 30.8 Å². The van der Waals surface area contributed by atoms with Gasteiger partial charge in [-0.1, -0.05) is 30.3 Å².